The summed E-state index contributed by atoms with van der Waals surface area (Å²) in [5, 5.41) is 0. The van der Waals surface area contributed by atoms with Gasteiger partial charge in [-0.1, -0.05) is 88.1 Å². The van der Waals surface area contributed by atoms with Gasteiger partial charge in [0.2, 0.25) is 0 Å². The lowest BCUT2D eigenvalue weighted by Crippen LogP contribution is -2.31. The van der Waals surface area contributed by atoms with Crippen LogP contribution in [0, 0.1) is 0 Å². The number of fused-ring (bicyclic) bond motifs is 1. The lowest BCUT2D eigenvalue weighted by molar-refractivity contribution is -0.147. The highest BCUT2D eigenvalue weighted by molar-refractivity contribution is 5.73. The van der Waals surface area contributed by atoms with E-state index >= 15 is 0 Å². The molecule has 2 fully saturated rings. The minimum atomic E-state index is -0.382. The van der Waals surface area contributed by atoms with Gasteiger partial charge in [-0.3, -0.25) is 4.79 Å². The highest BCUT2D eigenvalue weighted by Crippen LogP contribution is 2.47. The molecule has 0 radical (unpaired) electrons. The molecule has 0 bridgehead atoms. The van der Waals surface area contributed by atoms with Crippen molar-refractivity contribution in [2.24, 2.45) is 0 Å². The fourth-order valence-electron chi connectivity index (χ4n) is 5.21. The number of carbonyl (C=O) groups is 1. The summed E-state index contributed by atoms with van der Waals surface area (Å²) in [5.41, 5.74) is 0.981. The monoisotopic (exact) mass is 400 g/mol. The van der Waals surface area contributed by atoms with Gasteiger partial charge in [0, 0.05) is 6.42 Å². The SMILES string of the molecule is C[C@]1(CCCCCCCCCCCCc2ccccc2)C[C@]2(C)OC(=O)C[C@@H]2O1. The number of rotatable bonds is 13. The van der Waals surface area contributed by atoms with E-state index < -0.39 is 0 Å². The zero-order valence-electron chi connectivity index (χ0n) is 18.6. The summed E-state index contributed by atoms with van der Waals surface area (Å²) in [5.74, 6) is -0.101. The van der Waals surface area contributed by atoms with E-state index in [1.807, 2.05) is 6.92 Å². The Hall–Kier alpha value is -1.35. The quantitative estimate of drug-likeness (QED) is 0.271. The van der Waals surface area contributed by atoms with Crippen LogP contribution in [0.15, 0.2) is 30.3 Å². The molecule has 2 heterocycles. The molecule has 3 rings (SSSR count). The molecule has 0 amide bonds. The van der Waals surface area contributed by atoms with Crippen LogP contribution in [0.1, 0.15) is 103 Å². The van der Waals surface area contributed by atoms with Crippen molar-refractivity contribution in [1.29, 1.82) is 0 Å². The Morgan fingerprint density at radius 2 is 1.45 bits per heavy atom. The summed E-state index contributed by atoms with van der Waals surface area (Å²) in [7, 11) is 0. The van der Waals surface area contributed by atoms with E-state index in [0.29, 0.717) is 6.42 Å². The Labute approximate surface area is 177 Å². The Morgan fingerprint density at radius 1 is 0.862 bits per heavy atom. The van der Waals surface area contributed by atoms with Gasteiger partial charge in [-0.05, 0) is 38.7 Å². The largest absolute Gasteiger partial charge is 0.456 e. The summed E-state index contributed by atoms with van der Waals surface area (Å²) in [6.45, 7) is 4.23. The third-order valence-corrected chi connectivity index (χ3v) is 6.80. The number of esters is 1. The first-order chi connectivity index (χ1) is 14.0. The molecular weight excluding hydrogens is 360 g/mol. The maximum Gasteiger partial charge on any atom is 0.309 e. The first-order valence-electron chi connectivity index (χ1n) is 11.9. The molecule has 29 heavy (non-hydrogen) atoms. The number of hydrogen-bond acceptors (Lipinski definition) is 3. The van der Waals surface area contributed by atoms with Gasteiger partial charge in [-0.25, -0.2) is 0 Å². The van der Waals surface area contributed by atoms with E-state index in [1.165, 1.54) is 76.2 Å². The van der Waals surface area contributed by atoms with Gasteiger partial charge in [-0.15, -0.1) is 0 Å². The van der Waals surface area contributed by atoms with Gasteiger partial charge >= 0.3 is 5.97 Å². The fourth-order valence-corrected chi connectivity index (χ4v) is 5.21. The predicted octanol–water partition coefficient (Wildman–Crippen LogP) is 6.77. The number of hydrogen-bond donors (Lipinski definition) is 0. The number of benzene rings is 1. The maximum atomic E-state index is 11.5. The van der Waals surface area contributed by atoms with Crippen LogP contribution >= 0.6 is 0 Å². The first kappa shape index (κ1) is 22.3. The Balaban J connectivity index is 1.13. The standard InChI is InChI=1S/C26H40O3/c1-25(21-26(2)23(28-25)20-24(27)29-26)19-15-10-8-6-4-3-5-7-9-12-16-22-17-13-11-14-18-22/h11,13-14,17-18,23H,3-10,12,15-16,19-21H2,1-2H3/t23-,25-,26-/m0/s1. The summed E-state index contributed by atoms with van der Waals surface area (Å²) in [6, 6.07) is 10.8. The van der Waals surface area contributed by atoms with Crippen LogP contribution in [0.2, 0.25) is 0 Å². The van der Waals surface area contributed by atoms with Gasteiger partial charge in [0.25, 0.3) is 0 Å². The van der Waals surface area contributed by atoms with Gasteiger partial charge in [0.05, 0.1) is 12.0 Å². The van der Waals surface area contributed by atoms with E-state index in [1.54, 1.807) is 0 Å². The molecule has 2 aliphatic rings. The molecule has 2 saturated heterocycles. The van der Waals surface area contributed by atoms with Crippen LogP contribution in [0.25, 0.3) is 0 Å². The van der Waals surface area contributed by atoms with Crippen LogP contribution in [-0.4, -0.2) is 23.3 Å². The first-order valence-corrected chi connectivity index (χ1v) is 11.9. The molecule has 1 aromatic carbocycles. The van der Waals surface area contributed by atoms with E-state index in [0.717, 1.165) is 12.8 Å². The second-order valence-electron chi connectivity index (χ2n) is 9.75. The number of carbonyl (C=O) groups excluding carboxylic acids is 1. The molecule has 0 aliphatic carbocycles. The molecule has 0 unspecified atom stereocenters. The minimum absolute atomic E-state index is 0.0345. The average molecular weight is 401 g/mol. The third kappa shape index (κ3) is 6.84. The van der Waals surface area contributed by atoms with Crippen molar-refractivity contribution in [1.82, 2.24) is 0 Å². The van der Waals surface area contributed by atoms with Gasteiger partial charge < -0.3 is 9.47 Å². The van der Waals surface area contributed by atoms with Crippen molar-refractivity contribution in [3.63, 3.8) is 0 Å². The second kappa shape index (κ2) is 10.6. The van der Waals surface area contributed by atoms with E-state index in [2.05, 4.69) is 37.3 Å². The molecule has 2 aliphatic heterocycles. The molecular formula is C26H40O3. The molecule has 3 nitrogen and oxygen atoms in total. The van der Waals surface area contributed by atoms with Crippen molar-refractivity contribution in [2.45, 2.75) is 121 Å². The summed E-state index contributed by atoms with van der Waals surface area (Å²) < 4.78 is 11.8. The van der Waals surface area contributed by atoms with Crippen molar-refractivity contribution in [3.8, 4) is 0 Å². The number of unbranched alkanes of at least 4 members (excludes halogenated alkanes) is 9. The minimum Gasteiger partial charge on any atom is -0.456 e. The highest BCUT2D eigenvalue weighted by atomic mass is 16.6. The zero-order chi connectivity index (χ0) is 20.6. The topological polar surface area (TPSA) is 35.5 Å². The van der Waals surface area contributed by atoms with Gasteiger partial charge in [0.1, 0.15) is 11.7 Å². The molecule has 0 saturated carbocycles. The van der Waals surface area contributed by atoms with E-state index in [4.69, 9.17) is 9.47 Å². The zero-order valence-corrected chi connectivity index (χ0v) is 18.6. The number of aryl methyl sites for hydroxylation is 1. The smallest absolute Gasteiger partial charge is 0.309 e. The maximum absolute atomic E-state index is 11.5. The molecule has 3 heteroatoms. The number of ether oxygens (including phenoxy) is 2. The van der Waals surface area contributed by atoms with E-state index in [9.17, 15) is 4.79 Å². The summed E-state index contributed by atoms with van der Waals surface area (Å²) in [4.78, 5) is 11.5. The van der Waals surface area contributed by atoms with Crippen molar-refractivity contribution in [3.05, 3.63) is 35.9 Å². The lowest BCUT2D eigenvalue weighted by Gasteiger charge is -2.25. The fraction of sp³-hybridized carbons (Fsp3) is 0.731. The van der Waals surface area contributed by atoms with Gasteiger partial charge in [-0.2, -0.15) is 0 Å². The lowest BCUT2D eigenvalue weighted by atomic mass is 9.87. The van der Waals surface area contributed by atoms with Crippen molar-refractivity contribution in [2.75, 3.05) is 0 Å². The Kier molecular flexibility index (Phi) is 8.17. The predicted molar refractivity (Wildman–Crippen MR) is 118 cm³/mol. The average Bonchev–Trinajstić information content (AvgIpc) is 3.08. The molecule has 0 aromatic heterocycles. The summed E-state index contributed by atoms with van der Waals surface area (Å²) >= 11 is 0. The van der Waals surface area contributed by atoms with Crippen LogP contribution in [0.3, 0.4) is 0 Å². The van der Waals surface area contributed by atoms with Crippen LogP contribution in [0.4, 0.5) is 0 Å². The molecule has 1 aromatic rings. The Morgan fingerprint density at radius 3 is 2.07 bits per heavy atom. The molecule has 3 atom stereocenters. The molecule has 162 valence electrons. The normalized spacial score (nSPS) is 28.5. The van der Waals surface area contributed by atoms with Crippen LogP contribution in [0.5, 0.6) is 0 Å². The van der Waals surface area contributed by atoms with Gasteiger partial charge in [0.15, 0.2) is 0 Å². The second-order valence-corrected chi connectivity index (χ2v) is 9.75. The summed E-state index contributed by atoms with van der Waals surface area (Å²) in [6.07, 6.45) is 17.0. The Bertz CT molecular complexity index is 628. The third-order valence-electron chi connectivity index (χ3n) is 6.80. The van der Waals surface area contributed by atoms with Crippen molar-refractivity contribution >= 4 is 5.97 Å². The van der Waals surface area contributed by atoms with E-state index in [-0.39, 0.29) is 23.3 Å². The van der Waals surface area contributed by atoms with Crippen LogP contribution in [-0.2, 0) is 20.7 Å². The molecule has 0 spiro atoms. The molecule has 0 N–H and O–H groups in total. The van der Waals surface area contributed by atoms with Crippen molar-refractivity contribution < 1.29 is 14.3 Å². The highest BCUT2D eigenvalue weighted by Gasteiger charge is 2.57. The van der Waals surface area contributed by atoms with Crippen LogP contribution < -0.4 is 0 Å².